The zero-order chi connectivity index (χ0) is 22.0. The number of piperidine rings is 1. The zero-order valence-corrected chi connectivity index (χ0v) is 19.2. The lowest BCUT2D eigenvalue weighted by molar-refractivity contribution is 0.149. The second kappa shape index (κ2) is 9.33. The van der Waals surface area contributed by atoms with E-state index < -0.39 is 0 Å². The molecule has 1 aliphatic heterocycles. The second-order valence-corrected chi connectivity index (χ2v) is 9.22. The Morgan fingerprint density at radius 1 is 1.19 bits per heavy atom. The molecule has 0 amide bonds. The van der Waals surface area contributed by atoms with Crippen LogP contribution in [0.1, 0.15) is 55.1 Å². The maximum absolute atomic E-state index is 13.5. The smallest absolute Gasteiger partial charge is 0.193 e. The Morgan fingerprint density at radius 3 is 2.74 bits per heavy atom. The summed E-state index contributed by atoms with van der Waals surface area (Å²) >= 11 is 0. The van der Waals surface area contributed by atoms with Gasteiger partial charge in [-0.1, -0.05) is 6.07 Å². The Balaban J connectivity index is 1.74. The second-order valence-electron chi connectivity index (χ2n) is 9.22. The molecule has 0 bridgehead atoms. The molecule has 0 spiro atoms. The van der Waals surface area contributed by atoms with Crippen molar-refractivity contribution in [2.75, 3.05) is 13.1 Å². The van der Waals surface area contributed by atoms with Gasteiger partial charge < -0.3 is 9.88 Å². The van der Waals surface area contributed by atoms with Crippen molar-refractivity contribution in [3.8, 4) is 0 Å². The third-order valence-electron chi connectivity index (χ3n) is 6.33. The minimum Gasteiger partial charge on any atom is -0.344 e. The van der Waals surface area contributed by atoms with Gasteiger partial charge in [0.2, 0.25) is 0 Å². The van der Waals surface area contributed by atoms with Crippen LogP contribution in [0.2, 0.25) is 0 Å². The van der Waals surface area contributed by atoms with E-state index in [0.717, 1.165) is 48.2 Å². The number of nitrogens with one attached hydrogen (secondary N) is 1. The first-order valence-corrected chi connectivity index (χ1v) is 11.4. The predicted octanol–water partition coefficient (Wildman–Crippen LogP) is 4.35. The van der Waals surface area contributed by atoms with Gasteiger partial charge in [-0.3, -0.25) is 14.7 Å². The van der Waals surface area contributed by atoms with Crippen LogP contribution in [0, 0.1) is 13.8 Å². The van der Waals surface area contributed by atoms with Crippen LogP contribution >= 0.6 is 0 Å². The van der Waals surface area contributed by atoms with Crippen LogP contribution in [0.3, 0.4) is 0 Å². The van der Waals surface area contributed by atoms with Crippen LogP contribution in [0.5, 0.6) is 0 Å². The van der Waals surface area contributed by atoms with E-state index >= 15 is 0 Å². The topological polar surface area (TPSA) is 50.2 Å². The van der Waals surface area contributed by atoms with E-state index in [9.17, 15) is 4.79 Å². The van der Waals surface area contributed by atoms with E-state index in [4.69, 9.17) is 0 Å². The van der Waals surface area contributed by atoms with Gasteiger partial charge >= 0.3 is 0 Å². The van der Waals surface area contributed by atoms with Crippen molar-refractivity contribution in [3.05, 3.63) is 75.3 Å². The van der Waals surface area contributed by atoms with E-state index in [1.54, 1.807) is 0 Å². The van der Waals surface area contributed by atoms with Crippen molar-refractivity contribution in [3.63, 3.8) is 0 Å². The molecule has 0 saturated carbocycles. The van der Waals surface area contributed by atoms with E-state index in [1.165, 1.54) is 17.5 Å². The number of hydrogen-bond acceptors (Lipinski definition) is 4. The third-order valence-corrected chi connectivity index (χ3v) is 6.33. The molecule has 1 fully saturated rings. The highest BCUT2D eigenvalue weighted by Gasteiger charge is 2.23. The van der Waals surface area contributed by atoms with Crippen molar-refractivity contribution < 1.29 is 0 Å². The van der Waals surface area contributed by atoms with Crippen molar-refractivity contribution in [2.45, 2.75) is 65.7 Å². The van der Waals surface area contributed by atoms with Crippen LogP contribution < -0.4 is 10.7 Å². The van der Waals surface area contributed by atoms with Crippen LogP contribution in [0.25, 0.3) is 10.9 Å². The molecule has 4 rings (SSSR count). The van der Waals surface area contributed by atoms with E-state index in [2.05, 4.69) is 64.9 Å². The minimum atomic E-state index is 0.159. The summed E-state index contributed by atoms with van der Waals surface area (Å²) in [5.41, 5.74) is 5.52. The monoisotopic (exact) mass is 418 g/mol. The fourth-order valence-corrected chi connectivity index (χ4v) is 4.67. The van der Waals surface area contributed by atoms with Crippen molar-refractivity contribution in [1.82, 2.24) is 19.8 Å². The molecule has 5 nitrogen and oxygen atoms in total. The first-order valence-electron chi connectivity index (χ1n) is 11.4. The average molecular weight is 419 g/mol. The lowest BCUT2D eigenvalue weighted by Gasteiger charge is -2.35. The Hall–Kier alpha value is -2.50. The molecule has 31 heavy (non-hydrogen) atoms. The summed E-state index contributed by atoms with van der Waals surface area (Å²) in [4.78, 5) is 20.3. The van der Waals surface area contributed by atoms with Gasteiger partial charge in [0.25, 0.3) is 0 Å². The predicted molar refractivity (Wildman–Crippen MR) is 127 cm³/mol. The quantitative estimate of drug-likeness (QED) is 0.647. The molecule has 1 atom stereocenters. The van der Waals surface area contributed by atoms with Crippen LogP contribution in [0.15, 0.2) is 47.5 Å². The summed E-state index contributed by atoms with van der Waals surface area (Å²) in [7, 11) is 0. The third kappa shape index (κ3) is 4.89. The number of pyridine rings is 2. The molecule has 0 aliphatic carbocycles. The molecule has 5 heteroatoms. The minimum absolute atomic E-state index is 0.159. The number of rotatable bonds is 6. The fraction of sp³-hybridized carbons (Fsp3) is 0.462. The molecule has 3 aromatic rings. The van der Waals surface area contributed by atoms with E-state index in [1.807, 2.05) is 25.3 Å². The molecule has 1 saturated heterocycles. The summed E-state index contributed by atoms with van der Waals surface area (Å²) < 4.78 is 2.26. The normalized spacial score (nSPS) is 17.0. The summed E-state index contributed by atoms with van der Waals surface area (Å²) in [6, 6.07) is 11.1. The lowest BCUT2D eigenvalue weighted by atomic mass is 10.0. The SMILES string of the molecule is Cc1ccc2c(=O)c(CN(Cc3ccnc(C)c3)[C@H]3CCCNC3)cn(C(C)C)c2c1. The summed E-state index contributed by atoms with van der Waals surface area (Å²) in [5.74, 6) is 0. The molecular formula is C26H34N4O. The Bertz CT molecular complexity index is 1110. The molecule has 2 aromatic heterocycles. The Morgan fingerprint density at radius 2 is 2.03 bits per heavy atom. The van der Waals surface area contributed by atoms with Gasteiger partial charge in [-0.15, -0.1) is 0 Å². The van der Waals surface area contributed by atoms with E-state index in [0.29, 0.717) is 12.6 Å². The van der Waals surface area contributed by atoms with Gasteiger partial charge in [0, 0.05) is 60.8 Å². The van der Waals surface area contributed by atoms with Gasteiger partial charge in [0.05, 0.1) is 5.52 Å². The Labute approximate surface area is 185 Å². The molecule has 1 aromatic carbocycles. The van der Waals surface area contributed by atoms with Crippen molar-refractivity contribution in [2.24, 2.45) is 0 Å². The van der Waals surface area contributed by atoms with Crippen molar-refractivity contribution >= 4 is 10.9 Å². The highest BCUT2D eigenvalue weighted by molar-refractivity contribution is 5.80. The first kappa shape index (κ1) is 21.7. The first-order chi connectivity index (χ1) is 14.9. The van der Waals surface area contributed by atoms with Crippen molar-refractivity contribution in [1.29, 1.82) is 0 Å². The summed E-state index contributed by atoms with van der Waals surface area (Å²) in [6.45, 7) is 12.0. The zero-order valence-electron chi connectivity index (χ0n) is 19.2. The van der Waals surface area contributed by atoms with Gasteiger partial charge in [0.1, 0.15) is 0 Å². The fourth-order valence-electron chi connectivity index (χ4n) is 4.67. The standard InChI is InChI=1S/C26H34N4O/c1-18(2)30-17-22(26(31)24-8-7-19(3)12-25(24)30)16-29(23-6-5-10-27-14-23)15-21-9-11-28-20(4)13-21/h7-9,11-13,17-18,23,27H,5-6,10,14-16H2,1-4H3/t23-/m0/s1. The molecule has 1 N–H and O–H groups in total. The molecule has 0 radical (unpaired) electrons. The highest BCUT2D eigenvalue weighted by Crippen LogP contribution is 2.22. The molecule has 1 aliphatic rings. The van der Waals surface area contributed by atoms with Gasteiger partial charge in [-0.2, -0.15) is 0 Å². The summed E-state index contributed by atoms with van der Waals surface area (Å²) in [5, 5.41) is 4.36. The highest BCUT2D eigenvalue weighted by atomic mass is 16.1. The van der Waals surface area contributed by atoms with E-state index in [-0.39, 0.29) is 11.5 Å². The summed E-state index contributed by atoms with van der Waals surface area (Å²) in [6.07, 6.45) is 6.30. The number of aromatic nitrogens is 2. The number of aryl methyl sites for hydroxylation is 2. The average Bonchev–Trinajstić information content (AvgIpc) is 2.75. The largest absolute Gasteiger partial charge is 0.344 e. The van der Waals surface area contributed by atoms with Crippen LogP contribution in [-0.2, 0) is 13.1 Å². The number of nitrogens with zero attached hydrogens (tertiary/aromatic N) is 3. The molecule has 3 heterocycles. The van der Waals surface area contributed by atoms with Crippen LogP contribution in [0.4, 0.5) is 0 Å². The van der Waals surface area contributed by atoms with Gasteiger partial charge in [-0.05, 0) is 82.5 Å². The number of hydrogen-bond donors (Lipinski definition) is 1. The number of fused-ring (bicyclic) bond motifs is 1. The van der Waals surface area contributed by atoms with Gasteiger partial charge in [-0.25, -0.2) is 0 Å². The molecule has 0 unspecified atom stereocenters. The maximum atomic E-state index is 13.5. The van der Waals surface area contributed by atoms with Gasteiger partial charge in [0.15, 0.2) is 5.43 Å². The lowest BCUT2D eigenvalue weighted by Crippen LogP contribution is -2.45. The molecule has 164 valence electrons. The van der Waals surface area contributed by atoms with Crippen LogP contribution in [-0.4, -0.2) is 33.6 Å². The maximum Gasteiger partial charge on any atom is 0.193 e. The molecular weight excluding hydrogens is 384 g/mol. The Kier molecular flexibility index (Phi) is 6.54. The number of benzene rings is 1.